The van der Waals surface area contributed by atoms with Crippen molar-refractivity contribution in [2.24, 2.45) is 0 Å². The van der Waals surface area contributed by atoms with Gasteiger partial charge in [-0.2, -0.15) is 0 Å². The Morgan fingerprint density at radius 3 is 2.58 bits per heavy atom. The summed E-state index contributed by atoms with van der Waals surface area (Å²) in [5.74, 6) is 0.572. The van der Waals surface area contributed by atoms with Crippen LogP contribution in [0.15, 0.2) is 46.9 Å². The molecule has 0 aromatic heterocycles. The largest absolute Gasteiger partial charge is 0.497 e. The lowest BCUT2D eigenvalue weighted by molar-refractivity contribution is 0.0952. The molecule has 0 bridgehead atoms. The van der Waals surface area contributed by atoms with Gasteiger partial charge in [0.2, 0.25) is 0 Å². The maximum absolute atomic E-state index is 12.2. The van der Waals surface area contributed by atoms with Gasteiger partial charge in [0.25, 0.3) is 5.91 Å². The highest BCUT2D eigenvalue weighted by atomic mass is 79.9. The van der Waals surface area contributed by atoms with E-state index in [9.17, 15) is 4.79 Å². The van der Waals surface area contributed by atoms with Gasteiger partial charge in [0.1, 0.15) is 5.75 Å². The van der Waals surface area contributed by atoms with E-state index >= 15 is 0 Å². The van der Waals surface area contributed by atoms with Crippen molar-refractivity contribution in [2.45, 2.75) is 19.9 Å². The van der Waals surface area contributed by atoms with Crippen LogP contribution in [0.25, 0.3) is 0 Å². The molecule has 0 aliphatic carbocycles. The number of methoxy groups -OCH3 is 1. The summed E-state index contributed by atoms with van der Waals surface area (Å²) in [5, 5.41) is 6.32. The minimum atomic E-state index is -0.0979. The summed E-state index contributed by atoms with van der Waals surface area (Å²) in [5.41, 5.74) is 3.12. The molecular weight excluding hydrogens is 368 g/mol. The highest BCUT2D eigenvalue weighted by Gasteiger charge is 2.10. The molecule has 0 saturated heterocycles. The fourth-order valence-corrected chi connectivity index (χ4v) is 2.68. The number of nitrogens with one attached hydrogen (secondary N) is 2. The molecular formula is C19H23BrN2O2. The van der Waals surface area contributed by atoms with Gasteiger partial charge in [0.05, 0.1) is 12.7 Å². The maximum atomic E-state index is 12.2. The second-order valence-corrected chi connectivity index (χ2v) is 6.47. The van der Waals surface area contributed by atoms with E-state index < -0.39 is 0 Å². The Bertz CT molecular complexity index is 672. The Morgan fingerprint density at radius 1 is 1.12 bits per heavy atom. The van der Waals surface area contributed by atoms with Gasteiger partial charge in [-0.15, -0.1) is 0 Å². The van der Waals surface area contributed by atoms with Crippen LogP contribution in [-0.2, 0) is 6.54 Å². The first-order valence-electron chi connectivity index (χ1n) is 7.98. The van der Waals surface area contributed by atoms with E-state index in [1.165, 1.54) is 11.1 Å². The number of ether oxygens (including phenoxy) is 1. The van der Waals surface area contributed by atoms with Crippen LogP contribution in [0.4, 0.5) is 0 Å². The topological polar surface area (TPSA) is 50.4 Å². The summed E-state index contributed by atoms with van der Waals surface area (Å²) < 4.78 is 5.92. The van der Waals surface area contributed by atoms with E-state index in [1.54, 1.807) is 13.2 Å². The second kappa shape index (κ2) is 9.45. The summed E-state index contributed by atoms with van der Waals surface area (Å²) in [6.07, 6.45) is 0.874. The number of carbonyl (C=O) groups is 1. The van der Waals surface area contributed by atoms with Crippen molar-refractivity contribution in [2.75, 3.05) is 20.2 Å². The number of carbonyl (C=O) groups excluding carboxylic acids is 1. The number of halogens is 1. The molecule has 0 atom stereocenters. The molecule has 0 spiro atoms. The zero-order valence-corrected chi connectivity index (χ0v) is 15.7. The second-order valence-electron chi connectivity index (χ2n) is 5.62. The van der Waals surface area contributed by atoms with Gasteiger partial charge in [-0.25, -0.2) is 0 Å². The van der Waals surface area contributed by atoms with Crippen LogP contribution in [-0.4, -0.2) is 26.1 Å². The molecule has 4 nitrogen and oxygen atoms in total. The van der Waals surface area contributed by atoms with Crippen LogP contribution in [0.3, 0.4) is 0 Å². The molecule has 0 unspecified atom stereocenters. The summed E-state index contributed by atoms with van der Waals surface area (Å²) >= 11 is 3.40. The number of aryl methyl sites for hydroxylation is 1. The summed E-state index contributed by atoms with van der Waals surface area (Å²) in [7, 11) is 1.59. The Morgan fingerprint density at radius 2 is 1.88 bits per heavy atom. The molecule has 24 heavy (non-hydrogen) atoms. The van der Waals surface area contributed by atoms with Crippen molar-refractivity contribution >= 4 is 21.8 Å². The highest BCUT2D eigenvalue weighted by molar-refractivity contribution is 9.10. The van der Waals surface area contributed by atoms with Crippen LogP contribution < -0.4 is 15.4 Å². The van der Waals surface area contributed by atoms with Crippen LogP contribution in [0.2, 0.25) is 0 Å². The molecule has 0 heterocycles. The van der Waals surface area contributed by atoms with Gasteiger partial charge in [0, 0.05) is 17.6 Å². The summed E-state index contributed by atoms with van der Waals surface area (Å²) in [6.45, 7) is 4.41. The van der Waals surface area contributed by atoms with Gasteiger partial charge in [-0.05, 0) is 59.6 Å². The Kier molecular flexibility index (Phi) is 7.28. The monoisotopic (exact) mass is 390 g/mol. The van der Waals surface area contributed by atoms with Gasteiger partial charge in [-0.3, -0.25) is 4.79 Å². The number of hydrogen-bond acceptors (Lipinski definition) is 3. The fourth-order valence-electron chi connectivity index (χ4n) is 2.25. The third-order valence-electron chi connectivity index (χ3n) is 3.68. The van der Waals surface area contributed by atoms with Crippen LogP contribution in [0, 0.1) is 6.92 Å². The van der Waals surface area contributed by atoms with Crippen molar-refractivity contribution in [3.63, 3.8) is 0 Å². The highest BCUT2D eigenvalue weighted by Crippen LogP contribution is 2.22. The first-order valence-corrected chi connectivity index (χ1v) is 8.77. The summed E-state index contributed by atoms with van der Waals surface area (Å²) in [6, 6.07) is 13.9. The Hall–Kier alpha value is -1.85. The summed E-state index contributed by atoms with van der Waals surface area (Å²) in [4.78, 5) is 12.2. The van der Waals surface area contributed by atoms with Gasteiger partial charge < -0.3 is 15.4 Å². The van der Waals surface area contributed by atoms with E-state index in [1.807, 2.05) is 12.1 Å². The fraction of sp³-hybridized carbons (Fsp3) is 0.316. The van der Waals surface area contributed by atoms with Crippen molar-refractivity contribution in [1.29, 1.82) is 0 Å². The first-order chi connectivity index (χ1) is 11.6. The average molecular weight is 391 g/mol. The first kappa shape index (κ1) is 18.5. The van der Waals surface area contributed by atoms with E-state index in [4.69, 9.17) is 4.74 Å². The molecule has 0 aliphatic rings. The van der Waals surface area contributed by atoms with Gasteiger partial charge in [0.15, 0.2) is 0 Å². The van der Waals surface area contributed by atoms with Crippen molar-refractivity contribution in [1.82, 2.24) is 10.6 Å². The number of rotatable bonds is 8. The molecule has 0 saturated carbocycles. The normalized spacial score (nSPS) is 10.5. The standard InChI is InChI=1S/C19H23BrN2O2/c1-14-4-6-15(7-5-14)13-21-10-3-11-22-19(23)17-12-16(24-2)8-9-18(17)20/h4-9,12,21H,3,10-11,13H2,1-2H3,(H,22,23). The van der Waals surface area contributed by atoms with Crippen molar-refractivity contribution < 1.29 is 9.53 Å². The van der Waals surface area contributed by atoms with Crippen molar-refractivity contribution in [3.05, 3.63) is 63.6 Å². The lowest BCUT2D eigenvalue weighted by Crippen LogP contribution is -2.27. The van der Waals surface area contributed by atoms with E-state index in [0.29, 0.717) is 17.9 Å². The predicted octanol–water partition coefficient (Wildman–Crippen LogP) is 3.68. The zero-order valence-electron chi connectivity index (χ0n) is 14.1. The van der Waals surface area contributed by atoms with Crippen LogP contribution >= 0.6 is 15.9 Å². The average Bonchev–Trinajstić information content (AvgIpc) is 2.59. The minimum absolute atomic E-state index is 0.0979. The SMILES string of the molecule is COc1ccc(Br)c(C(=O)NCCCNCc2ccc(C)cc2)c1. The number of amides is 1. The minimum Gasteiger partial charge on any atom is -0.497 e. The molecule has 2 aromatic carbocycles. The van der Waals surface area contributed by atoms with Crippen molar-refractivity contribution in [3.8, 4) is 5.75 Å². The number of benzene rings is 2. The molecule has 0 radical (unpaired) electrons. The lowest BCUT2D eigenvalue weighted by Gasteiger charge is -2.09. The van der Waals surface area contributed by atoms with E-state index in [-0.39, 0.29) is 5.91 Å². The molecule has 1 amide bonds. The maximum Gasteiger partial charge on any atom is 0.252 e. The molecule has 5 heteroatoms. The predicted molar refractivity (Wildman–Crippen MR) is 101 cm³/mol. The molecule has 0 aliphatic heterocycles. The van der Waals surface area contributed by atoms with Gasteiger partial charge in [-0.1, -0.05) is 29.8 Å². The Balaban J connectivity index is 1.68. The zero-order chi connectivity index (χ0) is 17.4. The number of hydrogen-bond donors (Lipinski definition) is 2. The molecule has 2 rings (SSSR count). The molecule has 0 fully saturated rings. The van der Waals surface area contributed by atoms with E-state index in [2.05, 4.69) is 57.8 Å². The molecule has 128 valence electrons. The smallest absolute Gasteiger partial charge is 0.252 e. The third kappa shape index (κ3) is 5.65. The molecule has 2 aromatic rings. The third-order valence-corrected chi connectivity index (χ3v) is 4.38. The van der Waals surface area contributed by atoms with E-state index in [0.717, 1.165) is 24.0 Å². The molecule has 2 N–H and O–H groups in total. The van der Waals surface area contributed by atoms with Crippen LogP contribution in [0.1, 0.15) is 27.9 Å². The quantitative estimate of drug-likeness (QED) is 0.675. The lowest BCUT2D eigenvalue weighted by atomic mass is 10.1. The Labute approximate surface area is 151 Å². The van der Waals surface area contributed by atoms with Crippen LogP contribution in [0.5, 0.6) is 5.75 Å². The van der Waals surface area contributed by atoms with Gasteiger partial charge >= 0.3 is 0 Å².